The number of aromatic nitrogens is 1. The number of nitrogens with zero attached hydrogens (tertiary/aromatic N) is 1. The van der Waals surface area contributed by atoms with E-state index in [2.05, 4.69) is 116 Å². The van der Waals surface area contributed by atoms with E-state index in [9.17, 15) is 4.79 Å². The Morgan fingerprint density at radius 2 is 1.35 bits per heavy atom. The number of nitrogens with one attached hydrogen (secondary N) is 3. The van der Waals surface area contributed by atoms with E-state index in [1.807, 2.05) is 54.6 Å². The molecule has 55 heavy (non-hydrogen) atoms. The molecule has 2 aliphatic heterocycles. The molecule has 8 rings (SSSR count). The number of hydrogen-bond acceptors (Lipinski definition) is 4. The van der Waals surface area contributed by atoms with Crippen molar-refractivity contribution in [2.45, 2.75) is 89.3 Å². The first kappa shape index (κ1) is 37.2. The third-order valence-electron chi connectivity index (χ3n) is 11.8. The van der Waals surface area contributed by atoms with E-state index in [0.717, 1.165) is 63.3 Å². The van der Waals surface area contributed by atoms with Crippen molar-refractivity contribution in [1.29, 1.82) is 0 Å². The fourth-order valence-corrected chi connectivity index (χ4v) is 10.3. The van der Waals surface area contributed by atoms with Crippen LogP contribution in [0.3, 0.4) is 0 Å². The first-order chi connectivity index (χ1) is 26.6. The van der Waals surface area contributed by atoms with Crippen molar-refractivity contribution in [2.75, 3.05) is 6.54 Å². The Bertz CT molecular complexity index is 2180. The van der Waals surface area contributed by atoms with Crippen LogP contribution in [0.5, 0.6) is 0 Å². The van der Waals surface area contributed by atoms with Crippen molar-refractivity contribution >= 4 is 44.8 Å². The molecule has 2 fully saturated rings. The van der Waals surface area contributed by atoms with Crippen molar-refractivity contribution in [2.24, 2.45) is 0 Å². The average Bonchev–Trinajstić information content (AvgIpc) is 3.99. The molecule has 6 nitrogen and oxygen atoms in total. The van der Waals surface area contributed by atoms with E-state index in [1.54, 1.807) is 11.3 Å². The molecule has 2 aliphatic rings. The van der Waals surface area contributed by atoms with Crippen molar-refractivity contribution in [1.82, 2.24) is 20.7 Å². The minimum absolute atomic E-state index is 0.0575. The number of aromatic amines is 1. The highest BCUT2D eigenvalue weighted by Gasteiger charge is 2.47. The minimum atomic E-state index is -0.962. The molecule has 8 heteroatoms. The molecule has 0 spiro atoms. The zero-order valence-electron chi connectivity index (χ0n) is 32.3. The second kappa shape index (κ2) is 15.1. The highest BCUT2D eigenvalue weighted by atomic mass is 32.1. The van der Waals surface area contributed by atoms with Gasteiger partial charge in [0.25, 0.3) is 0 Å². The standard InChI is InChI=1S/C47H50N4O2S2/c1-30-25-31(2)27-33(26-30)42-41(39-28-40(55-43(39)49-42)46(4,5)44(52)51-37-21-22-38(51)24-23-37)32(3)29-48-45(54)50-53-47(34-15-9-6-10-16-34,35-17-11-7-12-18-35)36-19-13-8-14-20-36/h6-20,25-28,32,37-38,49H,21-24,29H2,1-5H3,(H2,48,50,54)/t32-,37?,38?/m1/s1. The van der Waals surface area contributed by atoms with Crippen LogP contribution in [0.25, 0.3) is 21.5 Å². The number of carbonyl (C=O) groups excluding carboxylic acids is 1. The molecule has 0 radical (unpaired) electrons. The molecule has 4 heterocycles. The predicted octanol–water partition coefficient (Wildman–Crippen LogP) is 10.4. The monoisotopic (exact) mass is 766 g/mol. The number of fused-ring (bicyclic) bond motifs is 3. The summed E-state index contributed by atoms with van der Waals surface area (Å²) < 4.78 is 0. The van der Waals surface area contributed by atoms with E-state index < -0.39 is 11.0 Å². The van der Waals surface area contributed by atoms with Crippen LogP contribution in [0.4, 0.5) is 0 Å². The fourth-order valence-electron chi connectivity index (χ4n) is 9.04. The van der Waals surface area contributed by atoms with Gasteiger partial charge in [0.05, 0.1) is 11.1 Å². The number of thiophene rings is 1. The first-order valence-corrected chi connectivity index (χ1v) is 20.7. The predicted molar refractivity (Wildman–Crippen MR) is 229 cm³/mol. The number of carbonyl (C=O) groups is 1. The summed E-state index contributed by atoms with van der Waals surface area (Å²) in [5, 5.41) is 5.06. The summed E-state index contributed by atoms with van der Waals surface area (Å²) in [4.78, 5) is 29.2. The van der Waals surface area contributed by atoms with Gasteiger partial charge in [-0.2, -0.15) is 0 Å². The lowest BCUT2D eigenvalue weighted by Gasteiger charge is -2.35. The molecular weight excluding hydrogens is 717 g/mol. The zero-order valence-corrected chi connectivity index (χ0v) is 34.0. The van der Waals surface area contributed by atoms with Crippen LogP contribution in [-0.4, -0.2) is 39.5 Å². The number of hydrogen-bond donors (Lipinski definition) is 3. The number of thiocarbonyl (C=S) groups is 1. The molecule has 2 aromatic heterocycles. The Labute approximate surface area is 334 Å². The third-order valence-corrected chi connectivity index (χ3v) is 13.4. The molecule has 3 N–H and O–H groups in total. The van der Waals surface area contributed by atoms with Crippen LogP contribution < -0.4 is 10.8 Å². The zero-order chi connectivity index (χ0) is 38.3. The van der Waals surface area contributed by atoms with Gasteiger partial charge in [0.2, 0.25) is 5.91 Å². The molecule has 0 aliphatic carbocycles. The Balaban J connectivity index is 1.08. The lowest BCUT2D eigenvalue weighted by atomic mass is 9.80. The maximum absolute atomic E-state index is 14.2. The number of aryl methyl sites for hydroxylation is 2. The molecule has 4 aromatic carbocycles. The Kier molecular flexibility index (Phi) is 10.2. The summed E-state index contributed by atoms with van der Waals surface area (Å²) >= 11 is 7.66. The molecule has 1 atom stereocenters. The van der Waals surface area contributed by atoms with Gasteiger partial charge in [0.1, 0.15) is 4.83 Å². The van der Waals surface area contributed by atoms with E-state index in [0.29, 0.717) is 23.7 Å². The molecule has 282 valence electrons. The second-order valence-electron chi connectivity index (χ2n) is 16.0. The Morgan fingerprint density at radius 3 is 1.85 bits per heavy atom. The van der Waals surface area contributed by atoms with E-state index in [4.69, 9.17) is 17.1 Å². The van der Waals surface area contributed by atoms with Gasteiger partial charge in [0, 0.05) is 34.8 Å². The number of hydroxylamine groups is 1. The molecule has 2 bridgehead atoms. The highest BCUT2D eigenvalue weighted by Crippen LogP contribution is 2.46. The van der Waals surface area contributed by atoms with Crippen molar-refractivity contribution in [3.8, 4) is 11.3 Å². The van der Waals surface area contributed by atoms with Crippen LogP contribution in [0.2, 0.25) is 0 Å². The van der Waals surface area contributed by atoms with Crippen LogP contribution in [0.15, 0.2) is 115 Å². The number of benzene rings is 4. The van der Waals surface area contributed by atoms with Gasteiger partial charge in [-0.05, 0) is 112 Å². The summed E-state index contributed by atoms with van der Waals surface area (Å²) in [5.74, 6) is 0.323. The van der Waals surface area contributed by atoms with Gasteiger partial charge < -0.3 is 15.2 Å². The number of H-pyrrole nitrogens is 1. The first-order valence-electron chi connectivity index (χ1n) is 19.5. The van der Waals surface area contributed by atoms with E-state index in [-0.39, 0.29) is 11.8 Å². The maximum atomic E-state index is 14.2. The summed E-state index contributed by atoms with van der Waals surface area (Å²) in [5.41, 5.74) is 10.5. The third kappa shape index (κ3) is 6.90. The van der Waals surface area contributed by atoms with Gasteiger partial charge in [-0.15, -0.1) is 11.3 Å². The van der Waals surface area contributed by atoms with Crippen molar-refractivity contribution in [3.63, 3.8) is 0 Å². The lowest BCUT2D eigenvalue weighted by molar-refractivity contribution is -0.137. The highest BCUT2D eigenvalue weighted by molar-refractivity contribution is 7.80. The van der Waals surface area contributed by atoms with E-state index >= 15 is 0 Å². The van der Waals surface area contributed by atoms with Crippen molar-refractivity contribution < 1.29 is 9.63 Å². The maximum Gasteiger partial charge on any atom is 0.233 e. The Morgan fingerprint density at radius 1 is 0.836 bits per heavy atom. The van der Waals surface area contributed by atoms with Gasteiger partial charge in [-0.1, -0.05) is 115 Å². The topological polar surface area (TPSA) is 69.4 Å². The van der Waals surface area contributed by atoms with Gasteiger partial charge in [0.15, 0.2) is 10.7 Å². The molecule has 1 amide bonds. The normalized spacial score (nSPS) is 17.4. The van der Waals surface area contributed by atoms with Crippen LogP contribution >= 0.6 is 23.6 Å². The summed E-state index contributed by atoms with van der Waals surface area (Å²) in [6.45, 7) is 11.3. The molecule has 0 saturated carbocycles. The SMILES string of the molecule is Cc1cc(C)cc(-c2[nH]c3sc(C(C)(C)C(=O)N4C5CCC4CC5)cc3c2[C@H](C)CNC(=S)NOC(c2ccccc2)(c2ccccc2)c2ccccc2)c1. The molecule has 6 aromatic rings. The number of rotatable bonds is 11. The quantitative estimate of drug-likeness (QED) is 0.0696. The summed E-state index contributed by atoms with van der Waals surface area (Å²) in [6, 6.07) is 40.6. The van der Waals surface area contributed by atoms with Crippen LogP contribution in [-0.2, 0) is 20.6 Å². The van der Waals surface area contributed by atoms with Crippen molar-refractivity contribution in [3.05, 3.63) is 154 Å². The smallest absolute Gasteiger partial charge is 0.233 e. The van der Waals surface area contributed by atoms with Crippen LogP contribution in [0, 0.1) is 13.8 Å². The van der Waals surface area contributed by atoms with Gasteiger partial charge >= 0.3 is 0 Å². The Hall–Kier alpha value is -4.76. The summed E-state index contributed by atoms with van der Waals surface area (Å²) in [6.07, 6.45) is 4.55. The molecular formula is C47H50N4O2S2. The van der Waals surface area contributed by atoms with E-state index in [1.165, 1.54) is 22.1 Å². The molecule has 2 saturated heterocycles. The average molecular weight is 767 g/mol. The lowest BCUT2D eigenvalue weighted by Crippen LogP contribution is -2.45. The van der Waals surface area contributed by atoms with Gasteiger partial charge in [-0.25, -0.2) is 5.48 Å². The minimum Gasteiger partial charge on any atom is -0.360 e. The largest absolute Gasteiger partial charge is 0.360 e. The summed E-state index contributed by atoms with van der Waals surface area (Å²) in [7, 11) is 0. The van der Waals surface area contributed by atoms with Crippen LogP contribution in [0.1, 0.15) is 90.6 Å². The second-order valence-corrected chi connectivity index (χ2v) is 17.5. The molecule has 0 unspecified atom stereocenters. The van der Waals surface area contributed by atoms with Gasteiger partial charge in [-0.3, -0.25) is 9.63 Å². The fraction of sp³-hybridized carbons (Fsp3) is 0.319. The number of amides is 1.